The second kappa shape index (κ2) is 8.08. The summed E-state index contributed by atoms with van der Waals surface area (Å²) in [4.78, 5) is 29.7. The van der Waals surface area contributed by atoms with Gasteiger partial charge in [-0.2, -0.15) is 0 Å². The quantitative estimate of drug-likeness (QED) is 0.274. The van der Waals surface area contributed by atoms with Crippen LogP contribution in [0.1, 0.15) is 47.1 Å². The van der Waals surface area contributed by atoms with E-state index < -0.39 is 23.1 Å². The maximum atomic E-state index is 14.2. The fourth-order valence-electron chi connectivity index (χ4n) is 9.04. The Morgan fingerprint density at radius 3 is 2.16 bits per heavy atom. The molecule has 5 heterocycles. The number of methoxy groups -OCH3 is 1. The van der Waals surface area contributed by atoms with E-state index in [0.717, 1.165) is 54.7 Å². The molecule has 3 aliphatic rings. The second-order valence-electron chi connectivity index (χ2n) is 12.8. The predicted octanol–water partition coefficient (Wildman–Crippen LogP) is 6.08. The lowest BCUT2D eigenvalue weighted by Gasteiger charge is -2.46. The Morgan fingerprint density at radius 1 is 0.886 bits per heavy atom. The van der Waals surface area contributed by atoms with Crippen molar-refractivity contribution in [1.82, 2.24) is 19.4 Å². The molecule has 0 unspecified atom stereocenters. The lowest BCUT2D eigenvalue weighted by molar-refractivity contribution is -0.206. The van der Waals surface area contributed by atoms with Gasteiger partial charge in [0.15, 0.2) is 11.4 Å². The summed E-state index contributed by atoms with van der Waals surface area (Å²) >= 11 is 0. The van der Waals surface area contributed by atoms with Crippen LogP contribution >= 0.6 is 0 Å². The molecule has 220 valence electrons. The molecule has 3 aliphatic heterocycles. The van der Waals surface area contributed by atoms with E-state index in [2.05, 4.69) is 59.5 Å². The number of nitrogens with one attached hydrogen (secondary N) is 1. The number of hydrogen-bond acceptors (Lipinski definition) is 4. The molecule has 2 aromatic heterocycles. The minimum absolute atomic E-state index is 0.0667. The molecule has 4 atom stereocenters. The molecule has 4 aromatic carbocycles. The largest absolute Gasteiger partial charge is 0.371 e. The molecule has 8 nitrogen and oxygen atoms in total. The molecule has 1 saturated heterocycles. The van der Waals surface area contributed by atoms with E-state index in [1.54, 1.807) is 12.0 Å². The molecule has 0 aliphatic carbocycles. The molecule has 44 heavy (non-hydrogen) atoms. The van der Waals surface area contributed by atoms with E-state index in [4.69, 9.17) is 9.47 Å². The lowest BCUT2D eigenvalue weighted by atomic mass is 9.82. The standard InChI is InChI=1S/C36H32N4O4/c1-34(43-5)33(38(4)32(42)20-13-7-6-8-14-20)35(2)39-24-17-11-10-16-22(24)27-28-23(19-37-31(28)41)26-21-15-9-12-18-25(21)40(29(26)30(27)39)36(34,3)44-35/h6-18,33H,19H2,1-5H3,(H,37,41)/t33-,34+,35+,36-/m0/s1. The van der Waals surface area contributed by atoms with Crippen molar-refractivity contribution in [3.8, 4) is 0 Å². The molecule has 8 heteroatoms. The van der Waals surface area contributed by atoms with Gasteiger partial charge in [-0.05, 0) is 50.6 Å². The summed E-state index contributed by atoms with van der Waals surface area (Å²) in [6, 6.07) is 25.3. The van der Waals surface area contributed by atoms with Gasteiger partial charge in [-0.15, -0.1) is 0 Å². The number of benzene rings is 4. The normalized spacial score (nSPS) is 27.0. The van der Waals surface area contributed by atoms with Gasteiger partial charge in [0, 0.05) is 47.8 Å². The van der Waals surface area contributed by atoms with Crippen molar-refractivity contribution < 1.29 is 19.1 Å². The van der Waals surface area contributed by atoms with Crippen LogP contribution in [-0.4, -0.2) is 51.6 Å². The summed E-state index contributed by atoms with van der Waals surface area (Å²) in [5.74, 6) is -0.190. The monoisotopic (exact) mass is 584 g/mol. The SMILES string of the molecule is CO[C@]1(C)[C@H](N(C)C(=O)c2ccccc2)[C@@]2(C)O[C@]1(C)n1c3ccccc3c3c4c(c5c6ccccc6n2c5c31)C(=O)NC4. The Hall–Kier alpha value is -4.66. The third-order valence-electron chi connectivity index (χ3n) is 10.9. The number of nitrogens with zero attached hydrogens (tertiary/aromatic N) is 3. The van der Waals surface area contributed by atoms with Gasteiger partial charge in [-0.25, -0.2) is 0 Å². The van der Waals surface area contributed by atoms with Crippen molar-refractivity contribution in [3.63, 3.8) is 0 Å². The summed E-state index contributed by atoms with van der Waals surface area (Å²) in [5, 5.41) is 7.13. The van der Waals surface area contributed by atoms with Gasteiger partial charge in [-0.1, -0.05) is 54.6 Å². The van der Waals surface area contributed by atoms with E-state index in [1.165, 1.54) is 0 Å². The molecule has 0 radical (unpaired) electrons. The van der Waals surface area contributed by atoms with E-state index in [0.29, 0.717) is 12.1 Å². The van der Waals surface area contributed by atoms with Crippen LogP contribution in [0.5, 0.6) is 0 Å². The van der Waals surface area contributed by atoms with Crippen molar-refractivity contribution >= 4 is 55.4 Å². The van der Waals surface area contributed by atoms with Gasteiger partial charge in [0.2, 0.25) is 0 Å². The third kappa shape index (κ3) is 2.65. The van der Waals surface area contributed by atoms with Crippen LogP contribution in [0.3, 0.4) is 0 Å². The molecule has 2 bridgehead atoms. The molecule has 9 rings (SSSR count). The maximum absolute atomic E-state index is 14.2. The Balaban J connectivity index is 1.52. The highest BCUT2D eigenvalue weighted by Gasteiger charge is 2.72. The van der Waals surface area contributed by atoms with Crippen LogP contribution in [0.15, 0.2) is 78.9 Å². The number of ether oxygens (including phenoxy) is 2. The molecule has 1 fully saturated rings. The Morgan fingerprint density at radius 2 is 1.48 bits per heavy atom. The van der Waals surface area contributed by atoms with Crippen LogP contribution in [0.2, 0.25) is 0 Å². The zero-order valence-corrected chi connectivity index (χ0v) is 25.3. The van der Waals surface area contributed by atoms with Gasteiger partial charge in [0.1, 0.15) is 11.6 Å². The van der Waals surface area contributed by atoms with E-state index in [1.807, 2.05) is 61.6 Å². The summed E-state index contributed by atoms with van der Waals surface area (Å²) < 4.78 is 18.6. The number of aromatic nitrogens is 2. The van der Waals surface area contributed by atoms with Crippen LogP contribution in [0.25, 0.3) is 43.6 Å². The van der Waals surface area contributed by atoms with Crippen LogP contribution in [0.4, 0.5) is 0 Å². The van der Waals surface area contributed by atoms with Crippen LogP contribution in [0, 0.1) is 0 Å². The first-order valence-electron chi connectivity index (χ1n) is 15.0. The van der Waals surface area contributed by atoms with Gasteiger partial charge in [0.05, 0.1) is 27.6 Å². The number of hydrogen-bond donors (Lipinski definition) is 1. The zero-order valence-electron chi connectivity index (χ0n) is 25.3. The summed E-state index contributed by atoms with van der Waals surface area (Å²) in [7, 11) is 3.55. The minimum Gasteiger partial charge on any atom is -0.371 e. The van der Waals surface area contributed by atoms with Crippen molar-refractivity contribution in [3.05, 3.63) is 95.6 Å². The maximum Gasteiger partial charge on any atom is 0.254 e. The molecular formula is C36H32N4O4. The first kappa shape index (κ1) is 25.8. The smallest absolute Gasteiger partial charge is 0.254 e. The fourth-order valence-corrected chi connectivity index (χ4v) is 9.04. The van der Waals surface area contributed by atoms with Crippen molar-refractivity contribution in [2.24, 2.45) is 0 Å². The first-order chi connectivity index (χ1) is 21.2. The highest BCUT2D eigenvalue weighted by atomic mass is 16.6. The number of rotatable bonds is 3. The number of amides is 2. The zero-order chi connectivity index (χ0) is 30.3. The summed E-state index contributed by atoms with van der Waals surface area (Å²) in [5.41, 5.74) is 3.01. The summed E-state index contributed by atoms with van der Waals surface area (Å²) in [6.07, 6.45) is 0. The number of likely N-dealkylation sites (N-methyl/N-ethyl adjacent to an activating group) is 1. The highest BCUT2D eigenvalue weighted by Crippen LogP contribution is 2.61. The number of para-hydroxylation sites is 2. The Kier molecular flexibility index (Phi) is 4.74. The number of carbonyl (C=O) groups excluding carboxylic acids is 2. The fraction of sp³-hybridized carbons (Fsp3) is 0.278. The van der Waals surface area contributed by atoms with Gasteiger partial charge in [-0.3, -0.25) is 9.59 Å². The van der Waals surface area contributed by atoms with Crippen LogP contribution < -0.4 is 5.32 Å². The van der Waals surface area contributed by atoms with Crippen molar-refractivity contribution in [2.45, 2.75) is 50.4 Å². The lowest BCUT2D eigenvalue weighted by Crippen LogP contribution is -2.63. The predicted molar refractivity (Wildman–Crippen MR) is 170 cm³/mol. The molecule has 2 amide bonds. The number of fused-ring (bicyclic) bond motifs is 13. The summed E-state index contributed by atoms with van der Waals surface area (Å²) in [6.45, 7) is 6.67. The Bertz CT molecular complexity index is 2270. The molecule has 0 spiro atoms. The average Bonchev–Trinajstić information content (AvgIpc) is 3.72. The Labute approximate surface area is 253 Å². The minimum atomic E-state index is -1.10. The van der Waals surface area contributed by atoms with Gasteiger partial charge < -0.3 is 28.8 Å². The topological polar surface area (TPSA) is 77.7 Å². The van der Waals surface area contributed by atoms with Crippen LogP contribution in [-0.2, 0) is 27.5 Å². The molecule has 1 N–H and O–H groups in total. The second-order valence-corrected chi connectivity index (χ2v) is 12.8. The number of carbonyl (C=O) groups is 2. The third-order valence-corrected chi connectivity index (χ3v) is 10.9. The van der Waals surface area contributed by atoms with Gasteiger partial charge in [0.25, 0.3) is 11.8 Å². The van der Waals surface area contributed by atoms with Gasteiger partial charge >= 0.3 is 0 Å². The van der Waals surface area contributed by atoms with E-state index >= 15 is 0 Å². The van der Waals surface area contributed by atoms with E-state index in [-0.39, 0.29) is 11.8 Å². The van der Waals surface area contributed by atoms with Crippen molar-refractivity contribution in [1.29, 1.82) is 0 Å². The molecular weight excluding hydrogens is 552 g/mol. The average molecular weight is 585 g/mol. The molecule has 0 saturated carbocycles. The first-order valence-corrected chi connectivity index (χ1v) is 15.0. The van der Waals surface area contributed by atoms with Crippen molar-refractivity contribution in [2.75, 3.05) is 14.2 Å². The van der Waals surface area contributed by atoms with E-state index in [9.17, 15) is 9.59 Å². The molecule has 6 aromatic rings. The highest BCUT2D eigenvalue weighted by molar-refractivity contribution is 6.31.